The van der Waals surface area contributed by atoms with Gasteiger partial charge in [0.15, 0.2) is 5.13 Å². The minimum atomic E-state index is 0.0470. The lowest BCUT2D eigenvalue weighted by molar-refractivity contribution is -0.116. The molecule has 2 aromatic rings. The standard InChI is InChI=1S/C14H15BrN2OS/c15-12-7-5-11(6-8-12)3-1-2-4-13(18)17-14-16-9-10-19-14/h5-10H,1-4H2,(H,16,17,18). The van der Waals surface area contributed by atoms with E-state index in [1.165, 1.54) is 16.9 Å². The van der Waals surface area contributed by atoms with Gasteiger partial charge in [0.05, 0.1) is 0 Å². The smallest absolute Gasteiger partial charge is 0.226 e. The van der Waals surface area contributed by atoms with Gasteiger partial charge in [-0.25, -0.2) is 4.98 Å². The zero-order valence-electron chi connectivity index (χ0n) is 10.4. The third kappa shape index (κ3) is 5.12. The fraction of sp³-hybridized carbons (Fsp3) is 0.286. The number of aryl methyl sites for hydroxylation is 1. The van der Waals surface area contributed by atoms with Gasteiger partial charge in [0.1, 0.15) is 0 Å². The van der Waals surface area contributed by atoms with Gasteiger partial charge in [-0.1, -0.05) is 28.1 Å². The third-order valence-corrected chi connectivity index (χ3v) is 3.93. The van der Waals surface area contributed by atoms with Crippen molar-refractivity contribution in [1.29, 1.82) is 0 Å². The zero-order chi connectivity index (χ0) is 13.5. The molecule has 0 radical (unpaired) electrons. The minimum Gasteiger partial charge on any atom is -0.302 e. The summed E-state index contributed by atoms with van der Waals surface area (Å²) in [7, 11) is 0. The number of thiazole rings is 1. The Kier molecular flexibility index (Phi) is 5.54. The molecule has 1 N–H and O–H groups in total. The maximum atomic E-state index is 11.6. The predicted octanol–water partition coefficient (Wildman–Crippen LogP) is 4.26. The molecule has 1 heterocycles. The molecular weight excluding hydrogens is 324 g/mol. The Morgan fingerprint density at radius 2 is 2.05 bits per heavy atom. The molecule has 0 spiro atoms. The minimum absolute atomic E-state index is 0.0470. The SMILES string of the molecule is O=C(CCCCc1ccc(Br)cc1)Nc1nccs1. The van der Waals surface area contributed by atoms with Gasteiger partial charge in [-0.2, -0.15) is 0 Å². The third-order valence-electron chi connectivity index (χ3n) is 2.71. The largest absolute Gasteiger partial charge is 0.302 e. The first kappa shape index (κ1) is 14.2. The second-order valence-corrected chi connectivity index (χ2v) is 6.03. The second-order valence-electron chi connectivity index (χ2n) is 4.22. The zero-order valence-corrected chi connectivity index (χ0v) is 12.8. The van der Waals surface area contributed by atoms with E-state index in [1.54, 1.807) is 6.20 Å². The lowest BCUT2D eigenvalue weighted by Crippen LogP contribution is -2.10. The number of hydrogen-bond donors (Lipinski definition) is 1. The number of halogens is 1. The molecule has 1 aromatic carbocycles. The fourth-order valence-corrected chi connectivity index (χ4v) is 2.54. The van der Waals surface area contributed by atoms with Crippen LogP contribution in [0.2, 0.25) is 0 Å². The molecule has 2 rings (SSSR count). The summed E-state index contributed by atoms with van der Waals surface area (Å²) < 4.78 is 1.10. The van der Waals surface area contributed by atoms with E-state index in [0.29, 0.717) is 11.6 Å². The lowest BCUT2D eigenvalue weighted by atomic mass is 10.1. The highest BCUT2D eigenvalue weighted by molar-refractivity contribution is 9.10. The molecule has 100 valence electrons. The van der Waals surface area contributed by atoms with Gasteiger partial charge >= 0.3 is 0 Å². The Labute approximate surface area is 125 Å². The predicted molar refractivity (Wildman–Crippen MR) is 82.4 cm³/mol. The number of hydrogen-bond acceptors (Lipinski definition) is 3. The Balaban J connectivity index is 1.64. The summed E-state index contributed by atoms with van der Waals surface area (Å²) in [6.45, 7) is 0. The highest BCUT2D eigenvalue weighted by atomic mass is 79.9. The van der Waals surface area contributed by atoms with Crippen molar-refractivity contribution in [2.24, 2.45) is 0 Å². The van der Waals surface area contributed by atoms with Crippen LogP contribution in [0.15, 0.2) is 40.3 Å². The molecule has 0 bridgehead atoms. The molecule has 0 saturated heterocycles. The number of carbonyl (C=O) groups is 1. The topological polar surface area (TPSA) is 42.0 Å². The lowest BCUT2D eigenvalue weighted by Gasteiger charge is -2.03. The molecule has 3 nitrogen and oxygen atoms in total. The summed E-state index contributed by atoms with van der Waals surface area (Å²) in [6, 6.07) is 8.31. The van der Waals surface area contributed by atoms with Crippen LogP contribution in [0, 0.1) is 0 Å². The summed E-state index contributed by atoms with van der Waals surface area (Å²) in [5.74, 6) is 0.0470. The molecule has 19 heavy (non-hydrogen) atoms. The van der Waals surface area contributed by atoms with Crippen molar-refractivity contribution in [3.8, 4) is 0 Å². The summed E-state index contributed by atoms with van der Waals surface area (Å²) >= 11 is 4.86. The van der Waals surface area contributed by atoms with Gasteiger partial charge in [-0.05, 0) is 37.0 Å². The van der Waals surface area contributed by atoms with Gasteiger partial charge in [0.2, 0.25) is 5.91 Å². The molecule has 0 atom stereocenters. The number of unbranched alkanes of at least 4 members (excludes halogenated alkanes) is 1. The molecule has 0 aliphatic rings. The Morgan fingerprint density at radius 3 is 2.74 bits per heavy atom. The van der Waals surface area contributed by atoms with Crippen LogP contribution >= 0.6 is 27.3 Å². The summed E-state index contributed by atoms with van der Waals surface area (Å²) in [5, 5.41) is 5.32. The van der Waals surface area contributed by atoms with Gasteiger partial charge < -0.3 is 5.32 Å². The Morgan fingerprint density at radius 1 is 1.26 bits per heavy atom. The highest BCUT2D eigenvalue weighted by Crippen LogP contribution is 2.14. The van der Waals surface area contributed by atoms with E-state index in [9.17, 15) is 4.79 Å². The molecule has 5 heteroatoms. The summed E-state index contributed by atoms with van der Waals surface area (Å²) in [5.41, 5.74) is 1.31. The first-order valence-electron chi connectivity index (χ1n) is 6.18. The van der Waals surface area contributed by atoms with E-state index in [4.69, 9.17) is 0 Å². The number of nitrogens with zero attached hydrogens (tertiary/aromatic N) is 1. The first-order chi connectivity index (χ1) is 9.24. The molecule has 0 aliphatic carbocycles. The van der Waals surface area contributed by atoms with Crippen molar-refractivity contribution in [3.63, 3.8) is 0 Å². The van der Waals surface area contributed by atoms with Crippen LogP contribution in [0.25, 0.3) is 0 Å². The van der Waals surface area contributed by atoms with E-state index < -0.39 is 0 Å². The van der Waals surface area contributed by atoms with Crippen molar-refractivity contribution < 1.29 is 4.79 Å². The number of anilines is 1. The van der Waals surface area contributed by atoms with Crippen LogP contribution in [-0.2, 0) is 11.2 Å². The van der Waals surface area contributed by atoms with Gasteiger partial charge in [0, 0.05) is 22.5 Å². The number of nitrogens with one attached hydrogen (secondary N) is 1. The average molecular weight is 339 g/mol. The molecule has 0 aliphatic heterocycles. The normalized spacial score (nSPS) is 10.4. The van der Waals surface area contributed by atoms with Gasteiger partial charge in [0.25, 0.3) is 0 Å². The maximum Gasteiger partial charge on any atom is 0.226 e. The molecule has 1 aromatic heterocycles. The summed E-state index contributed by atoms with van der Waals surface area (Å²) in [6.07, 6.45) is 5.17. The van der Waals surface area contributed by atoms with Crippen LogP contribution in [0.5, 0.6) is 0 Å². The van der Waals surface area contributed by atoms with E-state index in [0.717, 1.165) is 23.7 Å². The van der Waals surface area contributed by atoms with Crippen molar-refractivity contribution in [2.45, 2.75) is 25.7 Å². The van der Waals surface area contributed by atoms with E-state index >= 15 is 0 Å². The summed E-state index contributed by atoms with van der Waals surface area (Å²) in [4.78, 5) is 15.6. The van der Waals surface area contributed by atoms with Crippen molar-refractivity contribution in [1.82, 2.24) is 4.98 Å². The number of amides is 1. The van der Waals surface area contributed by atoms with Crippen LogP contribution in [0.4, 0.5) is 5.13 Å². The van der Waals surface area contributed by atoms with Crippen LogP contribution in [-0.4, -0.2) is 10.9 Å². The Bertz CT molecular complexity index is 511. The quantitative estimate of drug-likeness (QED) is 0.799. The number of rotatable bonds is 6. The number of benzene rings is 1. The van der Waals surface area contributed by atoms with Crippen molar-refractivity contribution >= 4 is 38.3 Å². The van der Waals surface area contributed by atoms with Crippen LogP contribution < -0.4 is 5.32 Å². The molecule has 0 unspecified atom stereocenters. The maximum absolute atomic E-state index is 11.6. The second kappa shape index (κ2) is 7.40. The Hall–Kier alpha value is -1.20. The van der Waals surface area contributed by atoms with Gasteiger partial charge in [-0.3, -0.25) is 4.79 Å². The van der Waals surface area contributed by atoms with Gasteiger partial charge in [-0.15, -0.1) is 11.3 Å². The van der Waals surface area contributed by atoms with Crippen molar-refractivity contribution in [3.05, 3.63) is 45.9 Å². The highest BCUT2D eigenvalue weighted by Gasteiger charge is 2.03. The molecule has 0 saturated carbocycles. The van der Waals surface area contributed by atoms with Crippen molar-refractivity contribution in [2.75, 3.05) is 5.32 Å². The van der Waals surface area contributed by atoms with Crippen LogP contribution in [0.1, 0.15) is 24.8 Å². The van der Waals surface area contributed by atoms with E-state index in [-0.39, 0.29) is 5.91 Å². The monoisotopic (exact) mass is 338 g/mol. The fourth-order valence-electron chi connectivity index (χ4n) is 1.73. The van der Waals surface area contributed by atoms with E-state index in [1.807, 2.05) is 17.5 Å². The first-order valence-corrected chi connectivity index (χ1v) is 7.85. The van der Waals surface area contributed by atoms with Crippen LogP contribution in [0.3, 0.4) is 0 Å². The number of carbonyl (C=O) groups excluding carboxylic acids is 1. The number of aromatic nitrogens is 1. The molecule has 0 fully saturated rings. The van der Waals surface area contributed by atoms with E-state index in [2.05, 4.69) is 38.4 Å². The average Bonchev–Trinajstić information content (AvgIpc) is 2.89. The molecule has 1 amide bonds. The molecular formula is C14H15BrN2OS.